The molecule has 0 heterocycles. The van der Waals surface area contributed by atoms with E-state index in [4.69, 9.17) is 10.5 Å². The van der Waals surface area contributed by atoms with E-state index in [1.807, 2.05) is 13.8 Å². The van der Waals surface area contributed by atoms with Crippen molar-refractivity contribution in [3.8, 4) is 0 Å². The predicted molar refractivity (Wildman–Crippen MR) is 76.1 cm³/mol. The number of benzene rings is 1. The molecule has 7 nitrogen and oxygen atoms in total. The lowest BCUT2D eigenvalue weighted by Gasteiger charge is -2.06. The summed E-state index contributed by atoms with van der Waals surface area (Å²) in [6.07, 6.45) is 0.992. The van der Waals surface area contributed by atoms with Crippen LogP contribution in [-0.4, -0.2) is 23.4 Å². The highest BCUT2D eigenvalue weighted by Crippen LogP contribution is 2.18. The largest absolute Gasteiger partial charge is 0.462 e. The van der Waals surface area contributed by atoms with E-state index in [-0.39, 0.29) is 23.8 Å². The molecule has 1 amide bonds. The van der Waals surface area contributed by atoms with Gasteiger partial charge in [0.15, 0.2) is 0 Å². The molecule has 0 aliphatic heterocycles. The highest BCUT2D eigenvalue weighted by molar-refractivity contribution is 6.22. The van der Waals surface area contributed by atoms with Gasteiger partial charge >= 0.3 is 5.97 Å². The molecular weight excluding hydrogens is 276 g/mol. The standard InChI is InChI=1S/C14H16N2O5/c1-9(2)8-21-13(17)7-12(14(15)18)10-3-5-11(6-4-10)16(19)20/h3-7,9H,8H2,1-2H3,(H2,15,18)/b12-7-. The van der Waals surface area contributed by atoms with Crippen LogP contribution in [-0.2, 0) is 14.3 Å². The van der Waals surface area contributed by atoms with Gasteiger partial charge in [-0.1, -0.05) is 13.8 Å². The fourth-order valence-electron chi connectivity index (χ4n) is 1.47. The Hall–Kier alpha value is -2.70. The summed E-state index contributed by atoms with van der Waals surface area (Å²) in [6.45, 7) is 3.98. The summed E-state index contributed by atoms with van der Waals surface area (Å²) in [5.41, 5.74) is 5.36. The Morgan fingerprint density at radius 1 is 1.33 bits per heavy atom. The van der Waals surface area contributed by atoms with Gasteiger partial charge in [-0.3, -0.25) is 14.9 Å². The van der Waals surface area contributed by atoms with E-state index in [1.165, 1.54) is 24.3 Å². The van der Waals surface area contributed by atoms with E-state index >= 15 is 0 Å². The van der Waals surface area contributed by atoms with Gasteiger partial charge in [-0.15, -0.1) is 0 Å². The Balaban J connectivity index is 2.98. The first-order valence-corrected chi connectivity index (χ1v) is 6.24. The van der Waals surface area contributed by atoms with Gasteiger partial charge in [0, 0.05) is 18.2 Å². The van der Waals surface area contributed by atoms with Crippen LogP contribution in [0.25, 0.3) is 5.57 Å². The summed E-state index contributed by atoms with van der Waals surface area (Å²) in [4.78, 5) is 33.0. The molecule has 0 spiro atoms. The number of carbonyl (C=O) groups excluding carboxylic acids is 2. The number of nitrogens with two attached hydrogens (primary N) is 1. The summed E-state index contributed by atoms with van der Waals surface area (Å²) in [5, 5.41) is 10.6. The maximum atomic E-state index is 11.6. The number of rotatable bonds is 6. The number of ether oxygens (including phenoxy) is 1. The lowest BCUT2D eigenvalue weighted by Crippen LogP contribution is -2.16. The summed E-state index contributed by atoms with van der Waals surface area (Å²) in [5.74, 6) is -1.33. The van der Waals surface area contributed by atoms with Crippen molar-refractivity contribution < 1.29 is 19.2 Å². The average molecular weight is 292 g/mol. The lowest BCUT2D eigenvalue weighted by atomic mass is 10.0. The van der Waals surface area contributed by atoms with E-state index in [2.05, 4.69) is 0 Å². The van der Waals surface area contributed by atoms with Crippen molar-refractivity contribution in [1.29, 1.82) is 0 Å². The molecule has 2 N–H and O–H groups in total. The number of nitrogens with zero attached hydrogens (tertiary/aromatic N) is 1. The van der Waals surface area contributed by atoms with Crippen LogP contribution in [0.4, 0.5) is 5.69 Å². The van der Waals surface area contributed by atoms with Crippen molar-refractivity contribution in [1.82, 2.24) is 0 Å². The topological polar surface area (TPSA) is 113 Å². The van der Waals surface area contributed by atoms with Crippen LogP contribution in [0.5, 0.6) is 0 Å². The van der Waals surface area contributed by atoms with Crippen LogP contribution in [0, 0.1) is 16.0 Å². The van der Waals surface area contributed by atoms with Crippen LogP contribution in [0.15, 0.2) is 30.3 Å². The summed E-state index contributed by atoms with van der Waals surface area (Å²) >= 11 is 0. The number of nitro benzene ring substituents is 1. The van der Waals surface area contributed by atoms with Gasteiger partial charge < -0.3 is 10.5 Å². The molecule has 7 heteroatoms. The van der Waals surface area contributed by atoms with Crippen molar-refractivity contribution in [3.63, 3.8) is 0 Å². The van der Waals surface area contributed by atoms with Gasteiger partial charge in [0.2, 0.25) is 5.91 Å². The third-order valence-electron chi connectivity index (χ3n) is 2.48. The smallest absolute Gasteiger partial charge is 0.331 e. The van der Waals surface area contributed by atoms with E-state index in [9.17, 15) is 19.7 Å². The zero-order chi connectivity index (χ0) is 16.0. The van der Waals surface area contributed by atoms with Gasteiger partial charge in [-0.25, -0.2) is 4.79 Å². The molecule has 0 aliphatic carbocycles. The molecule has 0 saturated carbocycles. The molecule has 1 aromatic carbocycles. The van der Waals surface area contributed by atoms with Crippen LogP contribution in [0.2, 0.25) is 0 Å². The highest BCUT2D eigenvalue weighted by Gasteiger charge is 2.13. The summed E-state index contributed by atoms with van der Waals surface area (Å²) < 4.78 is 4.94. The first-order chi connectivity index (χ1) is 9.81. The minimum absolute atomic E-state index is 0.0568. The fraction of sp³-hybridized carbons (Fsp3) is 0.286. The summed E-state index contributed by atoms with van der Waals surface area (Å²) in [6, 6.07) is 5.16. The third-order valence-corrected chi connectivity index (χ3v) is 2.48. The molecule has 0 bridgehead atoms. The molecule has 112 valence electrons. The number of non-ortho nitro benzene ring substituents is 1. The number of primary amides is 1. The SMILES string of the molecule is CC(C)COC(=O)/C=C(\C(N)=O)c1ccc([N+](=O)[O-])cc1. The molecule has 0 saturated heterocycles. The molecule has 0 radical (unpaired) electrons. The number of hydrogen-bond donors (Lipinski definition) is 1. The van der Waals surface area contributed by atoms with E-state index in [0.29, 0.717) is 5.56 Å². The fourth-order valence-corrected chi connectivity index (χ4v) is 1.47. The molecule has 1 aromatic rings. The number of amides is 1. The minimum atomic E-state index is -0.814. The molecule has 0 fully saturated rings. The Kier molecular flexibility index (Phi) is 5.59. The lowest BCUT2D eigenvalue weighted by molar-refractivity contribution is -0.384. The Labute approximate surface area is 121 Å². The van der Waals surface area contributed by atoms with Crippen molar-refractivity contribution in [3.05, 3.63) is 46.0 Å². The number of nitro groups is 1. The van der Waals surface area contributed by atoms with Crippen LogP contribution >= 0.6 is 0 Å². The maximum Gasteiger partial charge on any atom is 0.331 e. The number of carbonyl (C=O) groups is 2. The first-order valence-electron chi connectivity index (χ1n) is 6.24. The second-order valence-corrected chi connectivity index (χ2v) is 4.75. The number of hydrogen-bond acceptors (Lipinski definition) is 5. The minimum Gasteiger partial charge on any atom is -0.462 e. The second kappa shape index (κ2) is 7.18. The van der Waals surface area contributed by atoms with Gasteiger partial charge in [-0.2, -0.15) is 0 Å². The molecule has 1 rings (SSSR count). The Morgan fingerprint density at radius 2 is 1.90 bits per heavy atom. The zero-order valence-corrected chi connectivity index (χ0v) is 11.7. The molecule has 21 heavy (non-hydrogen) atoms. The number of esters is 1. The van der Waals surface area contributed by atoms with Gasteiger partial charge in [0.1, 0.15) is 0 Å². The molecular formula is C14H16N2O5. The zero-order valence-electron chi connectivity index (χ0n) is 11.7. The van der Waals surface area contributed by atoms with Crippen molar-refractivity contribution in [2.45, 2.75) is 13.8 Å². The van der Waals surface area contributed by atoms with Crippen molar-refractivity contribution >= 4 is 23.1 Å². The molecule has 0 aliphatic rings. The molecule has 0 atom stereocenters. The Morgan fingerprint density at radius 3 is 2.33 bits per heavy atom. The van der Waals surface area contributed by atoms with E-state index < -0.39 is 16.8 Å². The summed E-state index contributed by atoms with van der Waals surface area (Å²) in [7, 11) is 0. The van der Waals surface area contributed by atoms with Gasteiger partial charge in [0.25, 0.3) is 5.69 Å². The highest BCUT2D eigenvalue weighted by atomic mass is 16.6. The van der Waals surface area contributed by atoms with Crippen molar-refractivity contribution in [2.24, 2.45) is 11.7 Å². The first kappa shape index (κ1) is 16.4. The maximum absolute atomic E-state index is 11.6. The molecule has 0 unspecified atom stereocenters. The molecule has 0 aromatic heterocycles. The van der Waals surface area contributed by atoms with Crippen LogP contribution in [0.1, 0.15) is 19.4 Å². The monoisotopic (exact) mass is 292 g/mol. The van der Waals surface area contributed by atoms with Crippen molar-refractivity contribution in [2.75, 3.05) is 6.61 Å². The van der Waals surface area contributed by atoms with Crippen LogP contribution < -0.4 is 5.73 Å². The van der Waals surface area contributed by atoms with E-state index in [1.54, 1.807) is 0 Å². The second-order valence-electron chi connectivity index (χ2n) is 4.75. The van der Waals surface area contributed by atoms with Crippen LogP contribution in [0.3, 0.4) is 0 Å². The quantitative estimate of drug-likeness (QED) is 0.371. The average Bonchev–Trinajstić information content (AvgIpc) is 2.42. The normalized spacial score (nSPS) is 11.3. The Bertz CT molecular complexity index is 576. The van der Waals surface area contributed by atoms with Gasteiger partial charge in [-0.05, 0) is 23.6 Å². The van der Waals surface area contributed by atoms with Gasteiger partial charge in [0.05, 0.1) is 17.1 Å². The van der Waals surface area contributed by atoms with E-state index in [0.717, 1.165) is 6.08 Å². The predicted octanol–water partition coefficient (Wildman–Crippen LogP) is 1.66. The third kappa shape index (κ3) is 5.06.